The Kier molecular flexibility index (Phi) is 5.75. The van der Waals surface area contributed by atoms with Gasteiger partial charge in [-0.05, 0) is 61.9 Å². The Balaban J connectivity index is 1.94. The predicted molar refractivity (Wildman–Crippen MR) is 99.9 cm³/mol. The second kappa shape index (κ2) is 7.47. The Morgan fingerprint density at radius 2 is 1.96 bits per heavy atom. The second-order valence-electron chi connectivity index (χ2n) is 9.16. The SMILES string of the molecule is COC1(CO)CCC2C(C)(CO)C(O)CCC2(C)C1CCC1=CCOC1=O. The molecule has 0 radical (unpaired) electrons. The highest BCUT2D eigenvalue weighted by Gasteiger charge is 2.62. The molecule has 0 aromatic heterocycles. The fraction of sp³-hybridized carbons (Fsp3) is 0.857. The molecule has 0 saturated heterocycles. The fourth-order valence-corrected chi connectivity index (χ4v) is 6.38. The average molecular weight is 382 g/mol. The number of carbonyl (C=O) groups is 1. The maximum Gasteiger partial charge on any atom is 0.334 e. The number of ether oxygens (including phenoxy) is 2. The van der Waals surface area contributed by atoms with Gasteiger partial charge in [0, 0.05) is 18.1 Å². The summed E-state index contributed by atoms with van der Waals surface area (Å²) in [5, 5.41) is 31.0. The average Bonchev–Trinajstić information content (AvgIpc) is 3.08. The quantitative estimate of drug-likeness (QED) is 0.607. The van der Waals surface area contributed by atoms with Crippen LogP contribution in [0.4, 0.5) is 0 Å². The Morgan fingerprint density at radius 3 is 2.52 bits per heavy atom. The van der Waals surface area contributed by atoms with Gasteiger partial charge in [0.1, 0.15) is 6.61 Å². The van der Waals surface area contributed by atoms with E-state index in [0.717, 1.165) is 12.8 Å². The molecule has 3 rings (SSSR count). The summed E-state index contributed by atoms with van der Waals surface area (Å²) < 4.78 is 10.9. The van der Waals surface area contributed by atoms with Crippen LogP contribution >= 0.6 is 0 Å². The Labute approximate surface area is 161 Å². The summed E-state index contributed by atoms with van der Waals surface area (Å²) in [6.45, 7) is 4.40. The smallest absolute Gasteiger partial charge is 0.334 e. The van der Waals surface area contributed by atoms with Crippen LogP contribution in [0.15, 0.2) is 11.6 Å². The van der Waals surface area contributed by atoms with Gasteiger partial charge >= 0.3 is 5.97 Å². The molecule has 6 atom stereocenters. The molecule has 1 heterocycles. The minimum absolute atomic E-state index is 0.0198. The molecule has 6 heteroatoms. The van der Waals surface area contributed by atoms with Gasteiger partial charge in [0.2, 0.25) is 0 Å². The summed E-state index contributed by atoms with van der Waals surface area (Å²) in [4.78, 5) is 11.9. The van der Waals surface area contributed by atoms with E-state index in [1.165, 1.54) is 0 Å². The molecule has 0 bridgehead atoms. The van der Waals surface area contributed by atoms with E-state index < -0.39 is 17.1 Å². The molecule has 1 aliphatic heterocycles. The lowest BCUT2D eigenvalue weighted by atomic mass is 9.44. The van der Waals surface area contributed by atoms with Gasteiger partial charge in [-0.1, -0.05) is 13.8 Å². The van der Waals surface area contributed by atoms with Crippen molar-refractivity contribution in [2.75, 3.05) is 26.9 Å². The van der Waals surface area contributed by atoms with Crippen LogP contribution in [0.1, 0.15) is 52.4 Å². The second-order valence-corrected chi connectivity index (χ2v) is 9.16. The van der Waals surface area contributed by atoms with Gasteiger partial charge in [-0.3, -0.25) is 0 Å². The first-order chi connectivity index (χ1) is 12.8. The van der Waals surface area contributed by atoms with Gasteiger partial charge in [-0.15, -0.1) is 0 Å². The third-order valence-electron chi connectivity index (χ3n) is 8.12. The number of rotatable bonds is 6. The van der Waals surface area contributed by atoms with Crippen molar-refractivity contribution in [2.24, 2.45) is 22.7 Å². The summed E-state index contributed by atoms with van der Waals surface area (Å²) in [5.41, 5.74) is -0.722. The van der Waals surface area contributed by atoms with Crippen molar-refractivity contribution >= 4 is 5.97 Å². The Hall–Kier alpha value is -0.950. The van der Waals surface area contributed by atoms with Crippen molar-refractivity contribution < 1.29 is 29.6 Å². The lowest BCUT2D eigenvalue weighted by Crippen LogP contribution is -2.64. The summed E-state index contributed by atoms with van der Waals surface area (Å²) in [5.74, 6) is -0.103. The number of fused-ring (bicyclic) bond motifs is 1. The zero-order valence-corrected chi connectivity index (χ0v) is 16.7. The maximum atomic E-state index is 11.9. The number of esters is 1. The number of aliphatic hydroxyl groups excluding tert-OH is 3. The van der Waals surface area contributed by atoms with E-state index in [0.29, 0.717) is 37.9 Å². The number of carbonyl (C=O) groups excluding carboxylic acids is 1. The highest BCUT2D eigenvalue weighted by Crippen LogP contribution is 2.63. The number of methoxy groups -OCH3 is 1. The van der Waals surface area contributed by atoms with Crippen LogP contribution in [0, 0.1) is 22.7 Å². The van der Waals surface area contributed by atoms with E-state index in [2.05, 4.69) is 6.92 Å². The van der Waals surface area contributed by atoms with E-state index >= 15 is 0 Å². The van der Waals surface area contributed by atoms with E-state index in [1.807, 2.05) is 13.0 Å². The van der Waals surface area contributed by atoms with Crippen molar-refractivity contribution in [2.45, 2.75) is 64.1 Å². The Bertz CT molecular complexity index is 597. The molecule has 0 amide bonds. The standard InChI is InChI=1S/C21H34O6/c1-19-9-7-17(24)20(2,12-22)15(19)6-10-21(13-23,26-3)16(19)5-4-14-8-11-27-18(14)25/h8,15-17,22-24H,4-7,9-13H2,1-3H3. The molecule has 0 spiro atoms. The molecular formula is C21H34O6. The molecule has 0 aromatic rings. The van der Waals surface area contributed by atoms with Gasteiger partial charge in [0.25, 0.3) is 0 Å². The van der Waals surface area contributed by atoms with E-state index in [9.17, 15) is 20.1 Å². The van der Waals surface area contributed by atoms with E-state index in [1.54, 1.807) is 7.11 Å². The van der Waals surface area contributed by atoms with Crippen molar-refractivity contribution in [1.82, 2.24) is 0 Å². The molecule has 3 N–H and O–H groups in total. The van der Waals surface area contributed by atoms with Gasteiger partial charge in [0.15, 0.2) is 0 Å². The molecule has 2 fully saturated rings. The van der Waals surface area contributed by atoms with E-state index in [4.69, 9.17) is 9.47 Å². The summed E-state index contributed by atoms with van der Waals surface area (Å²) in [7, 11) is 1.65. The van der Waals surface area contributed by atoms with Crippen LogP contribution in [0.5, 0.6) is 0 Å². The van der Waals surface area contributed by atoms with Gasteiger partial charge in [-0.2, -0.15) is 0 Å². The van der Waals surface area contributed by atoms with Crippen LogP contribution < -0.4 is 0 Å². The molecule has 3 aliphatic rings. The highest BCUT2D eigenvalue weighted by atomic mass is 16.5. The fourth-order valence-electron chi connectivity index (χ4n) is 6.38. The normalized spacial score (nSPS) is 44.6. The first-order valence-electron chi connectivity index (χ1n) is 10.1. The van der Waals surface area contributed by atoms with Crippen molar-refractivity contribution in [3.8, 4) is 0 Å². The Morgan fingerprint density at radius 1 is 1.22 bits per heavy atom. The molecule has 0 aromatic carbocycles. The third-order valence-corrected chi connectivity index (χ3v) is 8.12. The number of hydrogen-bond donors (Lipinski definition) is 3. The van der Waals surface area contributed by atoms with Crippen molar-refractivity contribution in [3.63, 3.8) is 0 Å². The van der Waals surface area contributed by atoms with Crippen LogP contribution in [-0.2, 0) is 14.3 Å². The first kappa shape index (κ1) is 20.8. The highest BCUT2D eigenvalue weighted by molar-refractivity contribution is 5.90. The maximum absolute atomic E-state index is 11.9. The summed E-state index contributed by atoms with van der Waals surface area (Å²) in [6, 6.07) is 0. The molecule has 27 heavy (non-hydrogen) atoms. The lowest BCUT2D eigenvalue weighted by Gasteiger charge is -2.63. The van der Waals surface area contributed by atoms with Gasteiger partial charge in [-0.25, -0.2) is 4.79 Å². The van der Waals surface area contributed by atoms with Crippen molar-refractivity contribution in [1.29, 1.82) is 0 Å². The van der Waals surface area contributed by atoms with Crippen LogP contribution in [0.25, 0.3) is 0 Å². The topological polar surface area (TPSA) is 96.2 Å². The first-order valence-corrected chi connectivity index (χ1v) is 10.1. The monoisotopic (exact) mass is 382 g/mol. The molecule has 154 valence electrons. The summed E-state index contributed by atoms with van der Waals surface area (Å²) in [6.07, 6.45) is 5.51. The van der Waals surface area contributed by atoms with Gasteiger partial charge in [0.05, 0.1) is 24.9 Å². The largest absolute Gasteiger partial charge is 0.458 e. The number of hydrogen-bond acceptors (Lipinski definition) is 6. The predicted octanol–water partition coefficient (Wildman–Crippen LogP) is 1.81. The molecule has 2 saturated carbocycles. The number of aliphatic hydroxyl groups is 3. The molecule has 2 aliphatic carbocycles. The van der Waals surface area contributed by atoms with E-state index in [-0.39, 0.29) is 36.4 Å². The zero-order chi connectivity index (χ0) is 19.9. The summed E-state index contributed by atoms with van der Waals surface area (Å²) >= 11 is 0. The van der Waals surface area contributed by atoms with Gasteiger partial charge < -0.3 is 24.8 Å². The van der Waals surface area contributed by atoms with Crippen molar-refractivity contribution in [3.05, 3.63) is 11.6 Å². The molecular weight excluding hydrogens is 348 g/mol. The van der Waals surface area contributed by atoms with Crippen LogP contribution in [-0.4, -0.2) is 59.9 Å². The molecule has 6 unspecified atom stereocenters. The molecule has 6 nitrogen and oxygen atoms in total. The lowest BCUT2D eigenvalue weighted by molar-refractivity contribution is -0.230. The minimum Gasteiger partial charge on any atom is -0.458 e. The minimum atomic E-state index is -0.660. The van der Waals surface area contributed by atoms with Crippen LogP contribution in [0.2, 0.25) is 0 Å². The zero-order valence-electron chi connectivity index (χ0n) is 16.7. The third kappa shape index (κ3) is 3.15. The number of cyclic esters (lactones) is 1. The van der Waals surface area contributed by atoms with Crippen LogP contribution in [0.3, 0.4) is 0 Å².